The Hall–Kier alpha value is -3.24. The minimum Gasteiger partial charge on any atom is -0.480 e. The fourth-order valence-corrected chi connectivity index (χ4v) is 1.89. The lowest BCUT2D eigenvalue weighted by Crippen LogP contribution is -1.76. The van der Waals surface area contributed by atoms with Crippen LogP contribution in [0, 0.1) is 17.9 Å². The third-order valence-electron chi connectivity index (χ3n) is 2.87. The lowest BCUT2D eigenvalue weighted by Gasteiger charge is -2.00. The molecule has 1 aromatic carbocycles. The van der Waals surface area contributed by atoms with E-state index in [1.54, 1.807) is 24.3 Å². The first kappa shape index (κ1) is 11.8. The topological polar surface area (TPSA) is 54.4 Å². The van der Waals surface area contributed by atoms with Crippen LogP contribution in [0.25, 0.3) is 27.5 Å². The lowest BCUT2D eigenvalue weighted by molar-refractivity contribution is 0.567. The SMILES string of the molecule is [C-]#[N+]c1ccc(-c2ccc(-c3ccc(C#N)o3)cc2)o1. The molecule has 94 valence electrons. The highest BCUT2D eigenvalue weighted by atomic mass is 16.4. The average molecular weight is 260 g/mol. The minimum atomic E-state index is 0.272. The van der Waals surface area contributed by atoms with Crippen molar-refractivity contribution in [3.63, 3.8) is 0 Å². The molecule has 0 saturated heterocycles. The number of furan rings is 2. The van der Waals surface area contributed by atoms with Crippen LogP contribution < -0.4 is 0 Å². The molecule has 3 aromatic rings. The van der Waals surface area contributed by atoms with Gasteiger partial charge in [0.05, 0.1) is 6.57 Å². The molecule has 0 aliphatic carbocycles. The van der Waals surface area contributed by atoms with Crippen molar-refractivity contribution in [3.05, 3.63) is 65.7 Å². The quantitative estimate of drug-likeness (QED) is 0.631. The number of nitriles is 1. The van der Waals surface area contributed by atoms with Crippen LogP contribution in [-0.4, -0.2) is 0 Å². The molecule has 0 aliphatic rings. The second-order valence-corrected chi connectivity index (χ2v) is 4.10. The molecule has 2 aromatic heterocycles. The molecule has 0 aliphatic heterocycles. The smallest absolute Gasteiger partial charge is 0.346 e. The van der Waals surface area contributed by atoms with Crippen molar-refractivity contribution in [2.24, 2.45) is 0 Å². The third kappa shape index (κ3) is 2.07. The van der Waals surface area contributed by atoms with E-state index in [1.165, 1.54) is 0 Å². The Labute approximate surface area is 115 Å². The van der Waals surface area contributed by atoms with E-state index in [0.717, 1.165) is 11.1 Å². The fourth-order valence-electron chi connectivity index (χ4n) is 1.89. The molecule has 20 heavy (non-hydrogen) atoms. The number of hydrogen-bond acceptors (Lipinski definition) is 3. The molecule has 2 heterocycles. The summed E-state index contributed by atoms with van der Waals surface area (Å²) in [6.07, 6.45) is 0. The molecule has 0 saturated carbocycles. The Morgan fingerprint density at radius 1 is 0.850 bits per heavy atom. The van der Waals surface area contributed by atoms with Gasteiger partial charge in [0.2, 0.25) is 5.76 Å². The summed E-state index contributed by atoms with van der Waals surface area (Å²) in [5, 5.41) is 8.74. The standard InChI is InChI=1S/C16H8N2O2/c1-18-16-9-8-15(20-16)12-4-2-11(3-5-12)14-7-6-13(10-17)19-14/h2-9H. The van der Waals surface area contributed by atoms with Crippen LogP contribution >= 0.6 is 0 Å². The van der Waals surface area contributed by atoms with E-state index in [9.17, 15) is 0 Å². The van der Waals surface area contributed by atoms with Gasteiger partial charge in [-0.25, -0.2) is 0 Å². The highest BCUT2D eigenvalue weighted by molar-refractivity contribution is 5.66. The number of benzene rings is 1. The van der Waals surface area contributed by atoms with Crippen molar-refractivity contribution in [1.82, 2.24) is 0 Å². The summed E-state index contributed by atoms with van der Waals surface area (Å²) in [6, 6.07) is 16.3. The monoisotopic (exact) mass is 260 g/mol. The highest BCUT2D eigenvalue weighted by Crippen LogP contribution is 2.29. The predicted molar refractivity (Wildman–Crippen MR) is 72.8 cm³/mol. The zero-order chi connectivity index (χ0) is 13.9. The van der Waals surface area contributed by atoms with Crippen molar-refractivity contribution < 1.29 is 8.83 Å². The van der Waals surface area contributed by atoms with Crippen LogP contribution in [0.15, 0.2) is 57.4 Å². The van der Waals surface area contributed by atoms with E-state index in [-0.39, 0.29) is 11.6 Å². The Balaban J connectivity index is 1.91. The van der Waals surface area contributed by atoms with Gasteiger partial charge in [-0.3, -0.25) is 0 Å². The van der Waals surface area contributed by atoms with E-state index in [2.05, 4.69) is 4.85 Å². The maximum atomic E-state index is 8.74. The molecule has 0 unspecified atom stereocenters. The minimum absolute atomic E-state index is 0.272. The molecule has 4 nitrogen and oxygen atoms in total. The van der Waals surface area contributed by atoms with Gasteiger partial charge in [-0.1, -0.05) is 24.3 Å². The molecule has 0 bridgehead atoms. The summed E-state index contributed by atoms with van der Waals surface area (Å²) in [7, 11) is 0. The Morgan fingerprint density at radius 3 is 1.95 bits per heavy atom. The van der Waals surface area contributed by atoms with Gasteiger partial charge in [0.25, 0.3) is 0 Å². The van der Waals surface area contributed by atoms with Crippen molar-refractivity contribution in [2.45, 2.75) is 0 Å². The van der Waals surface area contributed by atoms with Gasteiger partial charge in [0.15, 0.2) is 0 Å². The van der Waals surface area contributed by atoms with E-state index in [0.29, 0.717) is 11.5 Å². The van der Waals surface area contributed by atoms with E-state index in [1.807, 2.05) is 30.3 Å². The first-order valence-corrected chi connectivity index (χ1v) is 5.88. The summed E-state index contributed by atoms with van der Waals surface area (Å²) in [4.78, 5) is 3.23. The summed E-state index contributed by atoms with van der Waals surface area (Å²) in [5.74, 6) is 1.86. The summed E-state index contributed by atoms with van der Waals surface area (Å²) < 4.78 is 10.7. The van der Waals surface area contributed by atoms with E-state index in [4.69, 9.17) is 20.7 Å². The van der Waals surface area contributed by atoms with Crippen molar-refractivity contribution >= 4 is 5.88 Å². The van der Waals surface area contributed by atoms with Crippen LogP contribution in [-0.2, 0) is 0 Å². The summed E-state index contributed by atoms with van der Waals surface area (Å²) >= 11 is 0. The lowest BCUT2D eigenvalue weighted by atomic mass is 10.1. The predicted octanol–water partition coefficient (Wildman–Crippen LogP) is 4.63. The number of hydrogen-bond donors (Lipinski definition) is 0. The molecule has 0 spiro atoms. The molecular formula is C16H8N2O2. The zero-order valence-corrected chi connectivity index (χ0v) is 10.3. The van der Waals surface area contributed by atoms with Crippen LogP contribution in [0.3, 0.4) is 0 Å². The fraction of sp³-hybridized carbons (Fsp3) is 0. The number of nitrogens with zero attached hydrogens (tertiary/aromatic N) is 2. The molecule has 4 heteroatoms. The van der Waals surface area contributed by atoms with Crippen molar-refractivity contribution in [1.29, 1.82) is 5.26 Å². The number of rotatable bonds is 2. The van der Waals surface area contributed by atoms with Gasteiger partial charge >= 0.3 is 5.88 Å². The molecule has 0 radical (unpaired) electrons. The zero-order valence-electron chi connectivity index (χ0n) is 10.3. The Kier molecular flexibility index (Phi) is 2.84. The van der Waals surface area contributed by atoms with Gasteiger partial charge in [0.1, 0.15) is 17.6 Å². The molecule has 0 fully saturated rings. The van der Waals surface area contributed by atoms with Gasteiger partial charge in [-0.2, -0.15) is 10.1 Å². The third-order valence-corrected chi connectivity index (χ3v) is 2.87. The van der Waals surface area contributed by atoms with Crippen LogP contribution in [0.1, 0.15) is 5.76 Å². The first-order chi connectivity index (χ1) is 9.80. The Bertz CT molecular complexity index is 755. The molecular weight excluding hydrogens is 252 g/mol. The maximum absolute atomic E-state index is 8.74. The second kappa shape index (κ2) is 4.79. The second-order valence-electron chi connectivity index (χ2n) is 4.10. The van der Waals surface area contributed by atoms with Crippen LogP contribution in [0.4, 0.5) is 5.88 Å². The molecule has 0 atom stereocenters. The summed E-state index contributed by atoms with van der Waals surface area (Å²) in [5.41, 5.74) is 1.77. The average Bonchev–Trinajstić information content (AvgIpc) is 3.16. The normalized spacial score (nSPS) is 9.90. The van der Waals surface area contributed by atoms with Gasteiger partial charge in [-0.15, -0.1) is 0 Å². The maximum Gasteiger partial charge on any atom is 0.346 e. The summed E-state index contributed by atoms with van der Waals surface area (Å²) in [6.45, 7) is 6.88. The van der Waals surface area contributed by atoms with Gasteiger partial charge < -0.3 is 8.83 Å². The molecule has 0 amide bonds. The van der Waals surface area contributed by atoms with Gasteiger partial charge in [0, 0.05) is 11.1 Å². The molecule has 0 N–H and O–H groups in total. The van der Waals surface area contributed by atoms with Crippen LogP contribution in [0.2, 0.25) is 0 Å². The first-order valence-electron chi connectivity index (χ1n) is 5.88. The largest absolute Gasteiger partial charge is 0.480 e. The highest BCUT2D eigenvalue weighted by Gasteiger charge is 2.07. The Morgan fingerprint density at radius 2 is 1.45 bits per heavy atom. The molecule has 3 rings (SSSR count). The van der Waals surface area contributed by atoms with Crippen molar-refractivity contribution in [3.8, 4) is 28.7 Å². The van der Waals surface area contributed by atoms with E-state index < -0.39 is 0 Å². The van der Waals surface area contributed by atoms with E-state index >= 15 is 0 Å². The van der Waals surface area contributed by atoms with Crippen molar-refractivity contribution in [2.75, 3.05) is 0 Å². The van der Waals surface area contributed by atoms with Gasteiger partial charge in [-0.05, 0) is 24.3 Å². The van der Waals surface area contributed by atoms with Crippen LogP contribution in [0.5, 0.6) is 0 Å².